The van der Waals surface area contributed by atoms with Gasteiger partial charge in [0.05, 0.1) is 11.6 Å². The van der Waals surface area contributed by atoms with Crippen LogP contribution in [0.25, 0.3) is 5.76 Å². The molecule has 1 saturated heterocycles. The second-order valence-electron chi connectivity index (χ2n) is 10.2. The first-order valence-electron chi connectivity index (χ1n) is 13.4. The van der Waals surface area contributed by atoms with E-state index in [2.05, 4.69) is 0 Å². The number of aliphatic hydroxyl groups is 1. The molecule has 2 aliphatic heterocycles. The second kappa shape index (κ2) is 10.7. The number of Topliss-reactive ketones (excluding diaryl/α,β-unsaturated/α-hetero) is 1. The lowest BCUT2D eigenvalue weighted by atomic mass is 9.94. The molecule has 0 spiro atoms. The number of ketones is 1. The number of para-hydroxylation sites is 1. The van der Waals surface area contributed by atoms with Gasteiger partial charge >= 0.3 is 0 Å². The Labute approximate surface area is 233 Å². The number of carbonyl (C=O) groups is 2. The molecule has 1 amide bonds. The van der Waals surface area contributed by atoms with Gasteiger partial charge in [-0.1, -0.05) is 60.7 Å². The van der Waals surface area contributed by atoms with Gasteiger partial charge in [-0.15, -0.1) is 0 Å². The van der Waals surface area contributed by atoms with Crippen molar-refractivity contribution < 1.29 is 24.2 Å². The van der Waals surface area contributed by atoms with E-state index < -0.39 is 17.7 Å². The first kappa shape index (κ1) is 25.4. The Kier molecular flexibility index (Phi) is 6.83. The third-order valence-corrected chi connectivity index (χ3v) is 7.35. The second-order valence-corrected chi connectivity index (χ2v) is 10.2. The van der Waals surface area contributed by atoms with E-state index in [9.17, 15) is 14.7 Å². The Morgan fingerprint density at radius 3 is 2.40 bits per heavy atom. The zero-order chi connectivity index (χ0) is 27.6. The van der Waals surface area contributed by atoms with E-state index in [0.717, 1.165) is 16.9 Å². The summed E-state index contributed by atoms with van der Waals surface area (Å²) in [5, 5.41) is 11.6. The molecule has 0 unspecified atom stereocenters. The zero-order valence-electron chi connectivity index (χ0n) is 22.1. The number of hydrogen-bond acceptors (Lipinski definition) is 5. The number of likely N-dealkylation sites (tertiary alicyclic amines) is 1. The van der Waals surface area contributed by atoms with Crippen molar-refractivity contribution in [1.29, 1.82) is 0 Å². The SMILES string of the molecule is C[C@@H]1Cc2cc(C(O)=C3C(=O)C(=O)N(CCc4ccccc4)[C@@H]3c3cccc(Oc4ccccc4)c3)ccc2O1. The minimum atomic E-state index is -0.772. The van der Waals surface area contributed by atoms with Crippen LogP contribution in [0.15, 0.2) is 109 Å². The molecule has 6 heteroatoms. The van der Waals surface area contributed by atoms with Crippen molar-refractivity contribution in [3.8, 4) is 17.2 Å². The topological polar surface area (TPSA) is 76.1 Å². The number of hydrogen-bond donors (Lipinski definition) is 1. The summed E-state index contributed by atoms with van der Waals surface area (Å²) in [6.07, 6.45) is 1.33. The average Bonchev–Trinajstić information content (AvgIpc) is 3.47. The minimum absolute atomic E-state index is 0.0447. The number of amides is 1. The van der Waals surface area contributed by atoms with Crippen LogP contribution < -0.4 is 9.47 Å². The van der Waals surface area contributed by atoms with Crippen LogP contribution in [-0.4, -0.2) is 34.3 Å². The first-order valence-corrected chi connectivity index (χ1v) is 13.4. The van der Waals surface area contributed by atoms with Gasteiger partial charge in [-0.3, -0.25) is 9.59 Å². The normalized spacial score (nSPS) is 19.4. The largest absolute Gasteiger partial charge is 0.507 e. The van der Waals surface area contributed by atoms with Crippen LogP contribution in [0.5, 0.6) is 17.2 Å². The maximum atomic E-state index is 13.5. The van der Waals surface area contributed by atoms with Crippen LogP contribution in [0.1, 0.15) is 35.2 Å². The molecule has 6 nitrogen and oxygen atoms in total. The molecule has 2 atom stereocenters. The summed E-state index contributed by atoms with van der Waals surface area (Å²) in [6.45, 7) is 2.30. The Morgan fingerprint density at radius 1 is 0.900 bits per heavy atom. The Bertz CT molecular complexity index is 1600. The van der Waals surface area contributed by atoms with Crippen LogP contribution in [0.2, 0.25) is 0 Å². The van der Waals surface area contributed by atoms with E-state index in [1.54, 1.807) is 11.0 Å². The zero-order valence-corrected chi connectivity index (χ0v) is 22.1. The molecule has 6 rings (SSSR count). The third kappa shape index (κ3) is 4.96. The molecule has 40 heavy (non-hydrogen) atoms. The van der Waals surface area contributed by atoms with Crippen LogP contribution >= 0.6 is 0 Å². The van der Waals surface area contributed by atoms with Gasteiger partial charge in [0, 0.05) is 18.5 Å². The Hall–Kier alpha value is -4.84. The smallest absolute Gasteiger partial charge is 0.295 e. The summed E-state index contributed by atoms with van der Waals surface area (Å²) < 4.78 is 11.9. The van der Waals surface area contributed by atoms with Crippen molar-refractivity contribution in [2.24, 2.45) is 0 Å². The summed E-state index contributed by atoms with van der Waals surface area (Å²) in [4.78, 5) is 28.5. The highest BCUT2D eigenvalue weighted by Crippen LogP contribution is 2.41. The summed E-state index contributed by atoms with van der Waals surface area (Å²) in [6, 6.07) is 31.2. The van der Waals surface area contributed by atoms with Gasteiger partial charge in [0.25, 0.3) is 11.7 Å². The van der Waals surface area contributed by atoms with E-state index in [1.165, 1.54) is 0 Å². The van der Waals surface area contributed by atoms with Crippen molar-refractivity contribution in [3.05, 3.63) is 131 Å². The molecule has 0 aliphatic carbocycles. The standard InChI is InChI=1S/C34H29NO5/c1-22-19-26-20-25(15-16-29(26)39-22)32(36)30-31(24-11-8-14-28(21-24)40-27-12-6-3-7-13-27)35(34(38)33(30)37)18-17-23-9-4-2-5-10-23/h2-16,20-22,31,36H,17-19H2,1H3/t22-,31-/m1/s1. The molecule has 1 fully saturated rings. The first-order chi connectivity index (χ1) is 19.5. The molecule has 0 radical (unpaired) electrons. The van der Waals surface area contributed by atoms with Gasteiger partial charge in [0.1, 0.15) is 29.1 Å². The molecule has 4 aromatic rings. The minimum Gasteiger partial charge on any atom is -0.507 e. The van der Waals surface area contributed by atoms with E-state index in [0.29, 0.717) is 42.0 Å². The highest BCUT2D eigenvalue weighted by atomic mass is 16.5. The molecule has 0 bridgehead atoms. The Morgan fingerprint density at radius 2 is 1.62 bits per heavy atom. The van der Waals surface area contributed by atoms with Gasteiger partial charge < -0.3 is 19.5 Å². The lowest BCUT2D eigenvalue weighted by Crippen LogP contribution is -2.31. The summed E-state index contributed by atoms with van der Waals surface area (Å²) >= 11 is 0. The maximum Gasteiger partial charge on any atom is 0.295 e. The van der Waals surface area contributed by atoms with E-state index >= 15 is 0 Å². The van der Waals surface area contributed by atoms with Crippen LogP contribution in [0, 0.1) is 0 Å². The molecule has 4 aromatic carbocycles. The third-order valence-electron chi connectivity index (χ3n) is 7.35. The molecule has 1 N–H and O–H groups in total. The van der Waals surface area contributed by atoms with Crippen molar-refractivity contribution in [2.45, 2.75) is 31.9 Å². The lowest BCUT2D eigenvalue weighted by molar-refractivity contribution is -0.139. The fraction of sp³-hybridized carbons (Fsp3) is 0.176. The quantitative estimate of drug-likeness (QED) is 0.168. The number of aliphatic hydroxyl groups excluding tert-OH is 1. The summed E-state index contributed by atoms with van der Waals surface area (Å²) in [5.74, 6) is 0.496. The molecule has 0 aromatic heterocycles. The van der Waals surface area contributed by atoms with Gasteiger partial charge in [-0.05, 0) is 72.5 Å². The fourth-order valence-electron chi connectivity index (χ4n) is 5.45. The predicted molar refractivity (Wildman–Crippen MR) is 152 cm³/mol. The van der Waals surface area contributed by atoms with Crippen molar-refractivity contribution in [3.63, 3.8) is 0 Å². The molecular formula is C34H29NO5. The van der Waals surface area contributed by atoms with Gasteiger partial charge in [-0.2, -0.15) is 0 Å². The van der Waals surface area contributed by atoms with E-state index in [1.807, 2.05) is 104 Å². The predicted octanol–water partition coefficient (Wildman–Crippen LogP) is 6.47. The summed E-state index contributed by atoms with van der Waals surface area (Å²) in [7, 11) is 0. The van der Waals surface area contributed by atoms with Gasteiger partial charge in [-0.25, -0.2) is 0 Å². The molecule has 2 heterocycles. The maximum absolute atomic E-state index is 13.5. The Balaban J connectivity index is 1.41. The van der Waals surface area contributed by atoms with E-state index in [-0.39, 0.29) is 17.4 Å². The molecular weight excluding hydrogens is 502 g/mol. The number of rotatable bonds is 7. The van der Waals surface area contributed by atoms with Crippen molar-refractivity contribution in [1.82, 2.24) is 4.90 Å². The average molecular weight is 532 g/mol. The lowest BCUT2D eigenvalue weighted by Gasteiger charge is -2.26. The van der Waals surface area contributed by atoms with Crippen LogP contribution in [0.4, 0.5) is 0 Å². The fourth-order valence-corrected chi connectivity index (χ4v) is 5.45. The molecule has 2 aliphatic rings. The number of benzene rings is 4. The number of nitrogens with zero attached hydrogens (tertiary/aromatic N) is 1. The van der Waals surface area contributed by atoms with Gasteiger partial charge in [0.2, 0.25) is 0 Å². The molecule has 0 saturated carbocycles. The van der Waals surface area contributed by atoms with Crippen LogP contribution in [0.3, 0.4) is 0 Å². The monoisotopic (exact) mass is 531 g/mol. The summed E-state index contributed by atoms with van der Waals surface area (Å²) in [5.41, 5.74) is 3.25. The number of ether oxygens (including phenoxy) is 2. The number of fused-ring (bicyclic) bond motifs is 1. The van der Waals surface area contributed by atoms with Crippen molar-refractivity contribution >= 4 is 17.4 Å². The highest BCUT2D eigenvalue weighted by molar-refractivity contribution is 6.46. The van der Waals surface area contributed by atoms with Crippen molar-refractivity contribution in [2.75, 3.05) is 6.54 Å². The molecule has 200 valence electrons. The van der Waals surface area contributed by atoms with E-state index in [4.69, 9.17) is 9.47 Å². The highest BCUT2D eigenvalue weighted by Gasteiger charge is 2.46. The van der Waals surface area contributed by atoms with Crippen LogP contribution in [-0.2, 0) is 22.4 Å². The van der Waals surface area contributed by atoms with Gasteiger partial charge in [0.15, 0.2) is 0 Å². The number of carbonyl (C=O) groups excluding carboxylic acids is 2.